The van der Waals surface area contributed by atoms with Crippen LogP contribution in [0, 0.1) is 0 Å². The molecule has 6 heteroatoms. The lowest BCUT2D eigenvalue weighted by molar-refractivity contribution is 0.313. The summed E-state index contributed by atoms with van der Waals surface area (Å²) in [6.07, 6.45) is 4.21. The molecule has 0 spiro atoms. The van der Waals surface area contributed by atoms with Gasteiger partial charge in [0.2, 0.25) is 0 Å². The molecule has 0 aliphatic rings. The van der Waals surface area contributed by atoms with E-state index in [0.717, 1.165) is 5.56 Å². The summed E-state index contributed by atoms with van der Waals surface area (Å²) in [7, 11) is 0. The number of hydrogen-bond acceptors (Lipinski definition) is 4. The number of ether oxygens (including phenoxy) is 1. The summed E-state index contributed by atoms with van der Waals surface area (Å²) in [5, 5.41) is 12.3. The second-order valence-electron chi connectivity index (χ2n) is 4.09. The number of benzene rings is 1. The molecule has 0 unspecified atom stereocenters. The van der Waals surface area contributed by atoms with E-state index < -0.39 is 0 Å². The van der Waals surface area contributed by atoms with Crippen LogP contribution in [0.1, 0.15) is 11.1 Å². The van der Waals surface area contributed by atoms with E-state index in [1.54, 1.807) is 30.6 Å². The minimum absolute atomic E-state index is 0.0157. The first-order valence-electron chi connectivity index (χ1n) is 6.00. The minimum atomic E-state index is -0.0157. The Bertz CT molecular complexity index is 603. The Morgan fingerprint density at radius 1 is 1.40 bits per heavy atom. The summed E-state index contributed by atoms with van der Waals surface area (Å²) in [6, 6.07) is 8.78. The molecular weight excluding hydrogens is 278 g/mol. The number of oxime groups is 1. The van der Waals surface area contributed by atoms with Gasteiger partial charge in [0, 0.05) is 23.8 Å². The molecule has 1 heterocycles. The summed E-state index contributed by atoms with van der Waals surface area (Å²) in [5.41, 5.74) is 7.17. The van der Waals surface area contributed by atoms with Gasteiger partial charge < -0.3 is 15.7 Å². The van der Waals surface area contributed by atoms with Crippen LogP contribution < -0.4 is 10.5 Å². The summed E-state index contributed by atoms with van der Waals surface area (Å²) in [6.45, 7) is 0.442. The highest BCUT2D eigenvalue weighted by Crippen LogP contribution is 2.23. The Morgan fingerprint density at radius 3 is 2.95 bits per heavy atom. The topological polar surface area (TPSA) is 80.7 Å². The summed E-state index contributed by atoms with van der Waals surface area (Å²) in [5.74, 6) is 0.467. The zero-order chi connectivity index (χ0) is 14.4. The van der Waals surface area contributed by atoms with E-state index in [1.807, 2.05) is 12.1 Å². The molecule has 2 aromatic rings. The lowest BCUT2D eigenvalue weighted by Crippen LogP contribution is -2.15. The number of nitrogens with two attached hydrogens (primary N) is 1. The van der Waals surface area contributed by atoms with Gasteiger partial charge in [-0.3, -0.25) is 4.98 Å². The van der Waals surface area contributed by atoms with Gasteiger partial charge in [-0.1, -0.05) is 22.8 Å². The quantitative estimate of drug-likeness (QED) is 0.384. The molecule has 0 amide bonds. The Hall–Kier alpha value is -2.27. The average Bonchev–Trinajstić information content (AvgIpc) is 2.48. The van der Waals surface area contributed by atoms with Gasteiger partial charge in [-0.05, 0) is 29.8 Å². The van der Waals surface area contributed by atoms with Crippen molar-refractivity contribution < 1.29 is 9.94 Å². The average molecular weight is 292 g/mol. The van der Waals surface area contributed by atoms with Crippen LogP contribution in [0.3, 0.4) is 0 Å². The van der Waals surface area contributed by atoms with Gasteiger partial charge in [-0.2, -0.15) is 0 Å². The van der Waals surface area contributed by atoms with Crippen LogP contribution in [-0.2, 0) is 6.42 Å². The van der Waals surface area contributed by atoms with Crippen molar-refractivity contribution in [3.05, 3.63) is 58.9 Å². The second-order valence-corrected chi connectivity index (χ2v) is 4.52. The maximum absolute atomic E-state index is 8.75. The van der Waals surface area contributed by atoms with Gasteiger partial charge in [0.05, 0.1) is 12.2 Å². The van der Waals surface area contributed by atoms with Crippen LogP contribution in [0.25, 0.3) is 0 Å². The molecule has 0 saturated heterocycles. The second kappa shape index (κ2) is 6.77. The maximum atomic E-state index is 8.75. The van der Waals surface area contributed by atoms with E-state index in [0.29, 0.717) is 29.4 Å². The number of pyridine rings is 1. The molecule has 104 valence electrons. The van der Waals surface area contributed by atoms with Gasteiger partial charge >= 0.3 is 0 Å². The molecule has 0 saturated carbocycles. The van der Waals surface area contributed by atoms with Crippen molar-refractivity contribution in [3.8, 4) is 5.75 Å². The molecule has 0 bridgehead atoms. The molecule has 0 atom stereocenters. The van der Waals surface area contributed by atoms with Crippen molar-refractivity contribution >= 4 is 17.4 Å². The van der Waals surface area contributed by atoms with Crippen molar-refractivity contribution in [3.63, 3.8) is 0 Å². The summed E-state index contributed by atoms with van der Waals surface area (Å²) in [4.78, 5) is 4.03. The van der Waals surface area contributed by atoms with Crippen molar-refractivity contribution in [2.75, 3.05) is 6.61 Å². The van der Waals surface area contributed by atoms with Crippen LogP contribution in [0.4, 0.5) is 0 Å². The van der Waals surface area contributed by atoms with Gasteiger partial charge in [0.15, 0.2) is 5.84 Å². The molecule has 0 fully saturated rings. The standard InChI is InChI=1S/C14H14ClN3O2/c15-11-3-4-12(14(16)18-19)13(8-11)20-7-5-10-2-1-6-17-9-10/h1-4,6,8-9,19H,5,7H2,(H2,16,18). The van der Waals surface area contributed by atoms with Crippen LogP contribution in [0.5, 0.6) is 5.75 Å². The van der Waals surface area contributed by atoms with E-state index >= 15 is 0 Å². The molecule has 0 aliphatic heterocycles. The number of halogens is 1. The molecule has 20 heavy (non-hydrogen) atoms. The third-order valence-corrected chi connectivity index (χ3v) is 2.93. The largest absolute Gasteiger partial charge is 0.492 e. The zero-order valence-electron chi connectivity index (χ0n) is 10.7. The van der Waals surface area contributed by atoms with Crippen molar-refractivity contribution in [1.82, 2.24) is 4.98 Å². The summed E-state index contributed by atoms with van der Waals surface area (Å²) >= 11 is 5.93. The Balaban J connectivity index is 2.07. The van der Waals surface area contributed by atoms with Crippen molar-refractivity contribution in [2.24, 2.45) is 10.9 Å². The molecule has 1 aromatic carbocycles. The number of hydrogen-bond donors (Lipinski definition) is 2. The predicted molar refractivity (Wildman–Crippen MR) is 77.4 cm³/mol. The zero-order valence-corrected chi connectivity index (χ0v) is 11.4. The first-order valence-corrected chi connectivity index (χ1v) is 6.37. The summed E-state index contributed by atoms with van der Waals surface area (Å²) < 4.78 is 5.66. The fourth-order valence-corrected chi connectivity index (χ4v) is 1.87. The highest BCUT2D eigenvalue weighted by molar-refractivity contribution is 6.30. The minimum Gasteiger partial charge on any atom is -0.492 e. The van der Waals surface area contributed by atoms with Crippen LogP contribution in [-0.4, -0.2) is 22.6 Å². The van der Waals surface area contributed by atoms with E-state index in [-0.39, 0.29) is 5.84 Å². The monoisotopic (exact) mass is 291 g/mol. The van der Waals surface area contributed by atoms with Crippen molar-refractivity contribution in [2.45, 2.75) is 6.42 Å². The predicted octanol–water partition coefficient (Wildman–Crippen LogP) is 2.45. The Morgan fingerprint density at radius 2 is 2.25 bits per heavy atom. The maximum Gasteiger partial charge on any atom is 0.173 e. The fourth-order valence-electron chi connectivity index (χ4n) is 1.71. The fraction of sp³-hybridized carbons (Fsp3) is 0.143. The van der Waals surface area contributed by atoms with Crippen molar-refractivity contribution in [1.29, 1.82) is 0 Å². The van der Waals surface area contributed by atoms with Crippen LogP contribution >= 0.6 is 11.6 Å². The third kappa shape index (κ3) is 3.61. The SMILES string of the molecule is N/C(=N/O)c1ccc(Cl)cc1OCCc1cccnc1. The Kier molecular flexibility index (Phi) is 4.79. The number of aromatic nitrogens is 1. The Labute approximate surface area is 121 Å². The smallest absolute Gasteiger partial charge is 0.173 e. The molecule has 0 aliphatic carbocycles. The normalized spacial score (nSPS) is 11.3. The highest BCUT2D eigenvalue weighted by Gasteiger charge is 2.09. The molecule has 0 radical (unpaired) electrons. The lowest BCUT2D eigenvalue weighted by atomic mass is 10.2. The highest BCUT2D eigenvalue weighted by atomic mass is 35.5. The number of amidine groups is 1. The molecule has 2 rings (SSSR count). The molecule has 1 aromatic heterocycles. The van der Waals surface area contributed by atoms with Gasteiger partial charge in [-0.25, -0.2) is 0 Å². The first-order chi connectivity index (χ1) is 9.70. The van der Waals surface area contributed by atoms with Gasteiger partial charge in [0.25, 0.3) is 0 Å². The third-order valence-electron chi connectivity index (χ3n) is 2.70. The lowest BCUT2D eigenvalue weighted by Gasteiger charge is -2.11. The first kappa shape index (κ1) is 14.1. The number of rotatable bonds is 5. The van der Waals surface area contributed by atoms with E-state index in [9.17, 15) is 0 Å². The van der Waals surface area contributed by atoms with E-state index in [2.05, 4.69) is 10.1 Å². The molecule has 5 nitrogen and oxygen atoms in total. The van der Waals surface area contributed by atoms with Crippen LogP contribution in [0.2, 0.25) is 5.02 Å². The van der Waals surface area contributed by atoms with E-state index in [1.165, 1.54) is 0 Å². The molecule has 3 N–H and O–H groups in total. The number of nitrogens with zero attached hydrogens (tertiary/aromatic N) is 2. The molecular formula is C14H14ClN3O2. The van der Waals surface area contributed by atoms with E-state index in [4.69, 9.17) is 27.3 Å². The van der Waals surface area contributed by atoms with Crippen LogP contribution in [0.15, 0.2) is 47.9 Å². The van der Waals surface area contributed by atoms with Gasteiger partial charge in [-0.15, -0.1) is 0 Å². The van der Waals surface area contributed by atoms with Gasteiger partial charge in [0.1, 0.15) is 5.75 Å².